The molecular weight excluding hydrogens is 268 g/mol. The zero-order chi connectivity index (χ0) is 14.6. The van der Waals surface area contributed by atoms with E-state index in [4.69, 9.17) is 5.73 Å². The highest BCUT2D eigenvalue weighted by Gasteiger charge is 2.28. The molecule has 0 aliphatic heterocycles. The van der Waals surface area contributed by atoms with Crippen LogP contribution in [0.1, 0.15) is 54.8 Å². The Balaban J connectivity index is 1.96. The fourth-order valence-corrected chi connectivity index (χ4v) is 3.50. The van der Waals surface area contributed by atoms with Gasteiger partial charge < -0.3 is 11.1 Å². The van der Waals surface area contributed by atoms with Gasteiger partial charge in [0.15, 0.2) is 0 Å². The molecule has 0 saturated heterocycles. The van der Waals surface area contributed by atoms with Crippen molar-refractivity contribution in [2.24, 2.45) is 11.1 Å². The summed E-state index contributed by atoms with van der Waals surface area (Å²) in [4.78, 5) is 13.1. The van der Waals surface area contributed by atoms with Gasteiger partial charge in [0.05, 0.1) is 17.0 Å². The summed E-state index contributed by atoms with van der Waals surface area (Å²) >= 11 is 1.49. The molecule has 1 aliphatic rings. The normalized spacial score (nSPS) is 20.9. The lowest BCUT2D eigenvalue weighted by Crippen LogP contribution is -2.40. The van der Waals surface area contributed by atoms with Crippen LogP contribution < -0.4 is 11.1 Å². The summed E-state index contributed by atoms with van der Waals surface area (Å²) in [6.07, 6.45) is 4.58. The van der Waals surface area contributed by atoms with E-state index < -0.39 is 0 Å². The minimum atomic E-state index is 0.0183. The van der Waals surface area contributed by atoms with Crippen molar-refractivity contribution in [3.05, 3.63) is 21.9 Å². The van der Waals surface area contributed by atoms with Gasteiger partial charge in [0.2, 0.25) is 0 Å². The van der Waals surface area contributed by atoms with E-state index in [0.29, 0.717) is 23.6 Å². The van der Waals surface area contributed by atoms with Gasteiger partial charge in [-0.2, -0.15) is 0 Å². The second-order valence-electron chi connectivity index (χ2n) is 6.14. The first-order valence-electron chi connectivity index (χ1n) is 7.08. The Labute approximate surface area is 124 Å². The fourth-order valence-electron chi connectivity index (χ4n) is 2.75. The van der Waals surface area contributed by atoms with Crippen LogP contribution in [0.3, 0.4) is 0 Å². The molecule has 3 N–H and O–H groups in total. The molecule has 2 rings (SSSR count). The Morgan fingerprint density at radius 2 is 2.40 bits per heavy atom. The summed E-state index contributed by atoms with van der Waals surface area (Å²) in [6.45, 7) is 4.89. The SMILES string of the molecule is CC1(C)CCCC(NC(=O)c2csc(C#CCN)c2)C1. The molecule has 1 unspecified atom stereocenters. The molecule has 1 saturated carbocycles. The maximum atomic E-state index is 12.2. The summed E-state index contributed by atoms with van der Waals surface area (Å²) in [6, 6.07) is 2.14. The first-order valence-corrected chi connectivity index (χ1v) is 7.96. The molecule has 0 spiro atoms. The highest BCUT2D eigenvalue weighted by atomic mass is 32.1. The van der Waals surface area contributed by atoms with Crippen LogP contribution in [0, 0.1) is 17.3 Å². The van der Waals surface area contributed by atoms with Crippen LogP contribution in [-0.4, -0.2) is 18.5 Å². The molecule has 20 heavy (non-hydrogen) atoms. The predicted molar refractivity (Wildman–Crippen MR) is 83.8 cm³/mol. The van der Waals surface area contributed by atoms with Crippen molar-refractivity contribution in [2.75, 3.05) is 6.54 Å². The van der Waals surface area contributed by atoms with E-state index in [2.05, 4.69) is 31.0 Å². The van der Waals surface area contributed by atoms with Gasteiger partial charge in [0.1, 0.15) is 0 Å². The van der Waals surface area contributed by atoms with Gasteiger partial charge in [-0.25, -0.2) is 0 Å². The van der Waals surface area contributed by atoms with Gasteiger partial charge in [-0.15, -0.1) is 11.3 Å². The Morgan fingerprint density at radius 3 is 3.10 bits per heavy atom. The second-order valence-corrected chi connectivity index (χ2v) is 7.05. The maximum Gasteiger partial charge on any atom is 0.252 e. The molecule has 4 heteroatoms. The van der Waals surface area contributed by atoms with Crippen molar-refractivity contribution >= 4 is 17.2 Å². The molecule has 108 valence electrons. The molecule has 0 aromatic carbocycles. The van der Waals surface area contributed by atoms with E-state index in [1.165, 1.54) is 24.2 Å². The van der Waals surface area contributed by atoms with Crippen LogP contribution in [0.5, 0.6) is 0 Å². The largest absolute Gasteiger partial charge is 0.349 e. The monoisotopic (exact) mass is 290 g/mol. The number of nitrogens with one attached hydrogen (secondary N) is 1. The number of amides is 1. The molecule has 3 nitrogen and oxygen atoms in total. The van der Waals surface area contributed by atoms with Crippen LogP contribution in [0.15, 0.2) is 11.4 Å². The predicted octanol–water partition coefficient (Wildman–Crippen LogP) is 2.76. The van der Waals surface area contributed by atoms with Gasteiger partial charge in [-0.3, -0.25) is 4.79 Å². The number of carbonyl (C=O) groups is 1. The standard InChI is InChI=1S/C16H22N2OS/c1-16(2)7-3-5-13(10-16)18-15(19)12-9-14(20-11-12)6-4-8-17/h9,11,13H,3,5,7-8,10,17H2,1-2H3,(H,18,19). The molecule has 1 heterocycles. The van der Waals surface area contributed by atoms with Gasteiger partial charge >= 0.3 is 0 Å². The van der Waals surface area contributed by atoms with Crippen molar-refractivity contribution in [1.82, 2.24) is 5.32 Å². The lowest BCUT2D eigenvalue weighted by atomic mass is 9.75. The minimum Gasteiger partial charge on any atom is -0.349 e. The Bertz CT molecular complexity index is 536. The van der Waals surface area contributed by atoms with Crippen molar-refractivity contribution in [1.29, 1.82) is 0 Å². The quantitative estimate of drug-likeness (QED) is 0.823. The first kappa shape index (κ1) is 15.1. The molecule has 1 atom stereocenters. The third-order valence-electron chi connectivity index (χ3n) is 3.72. The van der Waals surface area contributed by atoms with Crippen molar-refractivity contribution in [3.8, 4) is 11.8 Å². The topological polar surface area (TPSA) is 55.1 Å². The molecule has 1 amide bonds. The number of hydrogen-bond acceptors (Lipinski definition) is 3. The van der Waals surface area contributed by atoms with Crippen LogP contribution in [-0.2, 0) is 0 Å². The van der Waals surface area contributed by atoms with E-state index in [1.54, 1.807) is 0 Å². The number of carbonyl (C=O) groups excluding carboxylic acids is 1. The number of nitrogens with two attached hydrogens (primary N) is 1. The minimum absolute atomic E-state index is 0.0183. The summed E-state index contributed by atoms with van der Waals surface area (Å²) < 4.78 is 0. The van der Waals surface area contributed by atoms with Crippen LogP contribution in [0.2, 0.25) is 0 Å². The molecule has 1 aromatic rings. The summed E-state index contributed by atoms with van der Waals surface area (Å²) in [5.41, 5.74) is 6.39. The summed E-state index contributed by atoms with van der Waals surface area (Å²) in [5, 5.41) is 5.02. The Hall–Kier alpha value is -1.31. The van der Waals surface area contributed by atoms with Crippen molar-refractivity contribution in [2.45, 2.75) is 45.6 Å². The Morgan fingerprint density at radius 1 is 1.60 bits per heavy atom. The van der Waals surface area contributed by atoms with Crippen LogP contribution in [0.4, 0.5) is 0 Å². The molecule has 0 bridgehead atoms. The lowest BCUT2D eigenvalue weighted by Gasteiger charge is -2.35. The van der Waals surface area contributed by atoms with E-state index in [9.17, 15) is 4.79 Å². The molecule has 0 radical (unpaired) electrons. The van der Waals surface area contributed by atoms with Gasteiger partial charge in [-0.1, -0.05) is 32.1 Å². The van der Waals surface area contributed by atoms with Crippen molar-refractivity contribution in [3.63, 3.8) is 0 Å². The zero-order valence-corrected chi connectivity index (χ0v) is 13.0. The average molecular weight is 290 g/mol. The molecule has 1 aliphatic carbocycles. The van der Waals surface area contributed by atoms with E-state index in [-0.39, 0.29) is 5.91 Å². The maximum absolute atomic E-state index is 12.2. The third kappa shape index (κ3) is 4.09. The zero-order valence-electron chi connectivity index (χ0n) is 12.2. The van der Waals surface area contributed by atoms with Gasteiger partial charge in [0, 0.05) is 11.4 Å². The summed E-state index contributed by atoms with van der Waals surface area (Å²) in [7, 11) is 0. The third-order valence-corrected chi connectivity index (χ3v) is 4.56. The highest BCUT2D eigenvalue weighted by molar-refractivity contribution is 7.10. The highest BCUT2D eigenvalue weighted by Crippen LogP contribution is 2.35. The fraction of sp³-hybridized carbons (Fsp3) is 0.562. The van der Waals surface area contributed by atoms with E-state index >= 15 is 0 Å². The Kier molecular flexibility index (Phi) is 4.85. The average Bonchev–Trinajstić information content (AvgIpc) is 2.84. The molecule has 1 fully saturated rings. The second kappa shape index (κ2) is 6.43. The smallest absolute Gasteiger partial charge is 0.252 e. The lowest BCUT2D eigenvalue weighted by molar-refractivity contribution is 0.0903. The molecular formula is C16H22N2OS. The summed E-state index contributed by atoms with van der Waals surface area (Å²) in [5.74, 6) is 5.78. The number of thiophene rings is 1. The number of hydrogen-bond donors (Lipinski definition) is 2. The first-order chi connectivity index (χ1) is 9.50. The van der Waals surface area contributed by atoms with Crippen LogP contribution in [0.25, 0.3) is 0 Å². The van der Waals surface area contributed by atoms with Gasteiger partial charge in [0.25, 0.3) is 5.91 Å². The van der Waals surface area contributed by atoms with E-state index in [0.717, 1.165) is 17.7 Å². The molecule has 1 aromatic heterocycles. The van der Waals surface area contributed by atoms with Gasteiger partial charge in [-0.05, 0) is 30.7 Å². The van der Waals surface area contributed by atoms with Crippen LogP contribution >= 0.6 is 11.3 Å². The van der Waals surface area contributed by atoms with E-state index in [1.807, 2.05) is 11.4 Å². The van der Waals surface area contributed by atoms with Crippen molar-refractivity contribution < 1.29 is 4.79 Å². The number of rotatable bonds is 2.